The second-order valence-electron chi connectivity index (χ2n) is 2.59. The quantitative estimate of drug-likeness (QED) is 0.466. The Kier molecular flexibility index (Phi) is 5.40. The van der Waals surface area contributed by atoms with E-state index in [9.17, 15) is 0 Å². The highest BCUT2D eigenvalue weighted by atomic mass is 32.1. The molecule has 0 heterocycles. The Hall–Kier alpha value is 0.375. The van der Waals surface area contributed by atoms with Crippen LogP contribution in [0.15, 0.2) is 0 Å². The van der Waals surface area contributed by atoms with Gasteiger partial charge in [-0.2, -0.15) is 0 Å². The molecule has 0 saturated heterocycles. The third-order valence-electron chi connectivity index (χ3n) is 1.41. The van der Waals surface area contributed by atoms with Crippen LogP contribution in [-0.2, 0) is 0 Å². The van der Waals surface area contributed by atoms with Crippen LogP contribution in [0, 0.1) is 0 Å². The van der Waals surface area contributed by atoms with Gasteiger partial charge in [-0.15, -0.1) is 0 Å². The number of hydrogen-bond acceptors (Lipinski definition) is 2. The minimum atomic E-state index is 0.449. The average Bonchev–Trinajstić information content (AvgIpc) is 1.82. The maximum absolute atomic E-state index is 4.38. The summed E-state index contributed by atoms with van der Waals surface area (Å²) >= 11 is 4.38. The predicted molar refractivity (Wildman–Crippen MR) is 48.1 cm³/mol. The fraction of sp³-hybridized carbons (Fsp3) is 1.00. The van der Waals surface area contributed by atoms with E-state index in [4.69, 9.17) is 0 Å². The molecule has 0 amide bonds. The van der Waals surface area contributed by atoms with E-state index in [0.717, 1.165) is 0 Å². The number of rotatable bonds is 4. The van der Waals surface area contributed by atoms with Crippen LogP contribution in [0.5, 0.6) is 0 Å². The first-order valence-electron chi connectivity index (χ1n) is 3.53. The maximum Gasteiger partial charge on any atom is 0.287 e. The van der Waals surface area contributed by atoms with Crippen molar-refractivity contribution >= 4 is 18.6 Å². The van der Waals surface area contributed by atoms with E-state index in [1.54, 1.807) is 0 Å². The van der Waals surface area contributed by atoms with Gasteiger partial charge in [0.15, 0.2) is 0 Å². The van der Waals surface area contributed by atoms with E-state index >= 15 is 0 Å². The highest BCUT2D eigenvalue weighted by Gasteiger charge is 2.08. The molecule has 0 aromatic rings. The molecule has 0 fully saturated rings. The first-order valence-corrected chi connectivity index (χ1v) is 4.04. The highest BCUT2D eigenvalue weighted by molar-refractivity contribution is 8.10. The van der Waals surface area contributed by atoms with Crippen molar-refractivity contribution in [2.24, 2.45) is 0 Å². The Morgan fingerprint density at radius 2 is 2.00 bits per heavy atom. The summed E-state index contributed by atoms with van der Waals surface area (Å²) in [5.74, 6) is 0. The number of thiol groups is 1. The van der Waals surface area contributed by atoms with Gasteiger partial charge in [-0.25, -0.2) is 12.5 Å². The van der Waals surface area contributed by atoms with Gasteiger partial charge >= 0.3 is 0 Å². The van der Waals surface area contributed by atoms with Gasteiger partial charge in [0.2, 0.25) is 0 Å². The first kappa shape index (κ1) is 9.37. The molecule has 0 atom stereocenters. The molecule has 0 N–H and O–H groups in total. The Balaban J connectivity index is 3.16. The van der Waals surface area contributed by atoms with E-state index in [1.807, 2.05) is 0 Å². The normalized spacial score (nSPS) is 10.3. The number of unbranched alkanes of at least 4 members (excludes halogenated alkanes) is 1. The van der Waals surface area contributed by atoms with Gasteiger partial charge in [-0.1, -0.05) is 19.8 Å². The number of nitrogens with zero attached hydrogens (tertiary/aromatic N) is 1. The molecule has 0 aromatic carbocycles. The summed E-state index contributed by atoms with van der Waals surface area (Å²) in [6.07, 6.45) is 4.20. The molecule has 0 radical (unpaired) electrons. The summed E-state index contributed by atoms with van der Waals surface area (Å²) in [7, 11) is 4.13. The van der Waals surface area contributed by atoms with Gasteiger partial charge in [0.05, 0.1) is 0 Å². The Bertz CT molecular complexity index is 68.1. The largest absolute Gasteiger partial charge is 0.338 e. The second kappa shape index (κ2) is 5.18. The summed E-state index contributed by atoms with van der Waals surface area (Å²) in [6.45, 7) is 2.20. The average molecular weight is 145 g/mol. The lowest BCUT2D eigenvalue weighted by atomic mass is 9.82. The van der Waals surface area contributed by atoms with Gasteiger partial charge in [0.25, 0.3) is 6.13 Å². The fourth-order valence-electron chi connectivity index (χ4n) is 0.645. The maximum atomic E-state index is 4.38. The van der Waals surface area contributed by atoms with Gasteiger partial charge in [0.1, 0.15) is 0 Å². The van der Waals surface area contributed by atoms with Crippen LogP contribution in [0.1, 0.15) is 19.8 Å². The zero-order valence-electron chi connectivity index (χ0n) is 6.59. The summed E-state index contributed by atoms with van der Waals surface area (Å²) < 4.78 is 0. The lowest BCUT2D eigenvalue weighted by Gasteiger charge is -2.13. The molecular formula is C6H16BNS. The zero-order chi connectivity index (χ0) is 7.28. The molecule has 0 aromatic heterocycles. The third-order valence-corrected chi connectivity index (χ3v) is 2.13. The molecular weight excluding hydrogens is 129 g/mol. The van der Waals surface area contributed by atoms with Crippen molar-refractivity contribution in [3.8, 4) is 0 Å². The van der Waals surface area contributed by atoms with Crippen molar-refractivity contribution in [3.63, 3.8) is 0 Å². The topological polar surface area (TPSA) is 3.24 Å². The van der Waals surface area contributed by atoms with Gasteiger partial charge in [-0.3, -0.25) is 0 Å². The molecule has 1 nitrogen and oxygen atoms in total. The van der Waals surface area contributed by atoms with E-state index in [-0.39, 0.29) is 0 Å². The summed E-state index contributed by atoms with van der Waals surface area (Å²) in [6, 6.07) is 0. The molecule has 0 bridgehead atoms. The molecule has 0 rings (SSSR count). The monoisotopic (exact) mass is 145 g/mol. The molecule has 0 unspecified atom stereocenters. The summed E-state index contributed by atoms with van der Waals surface area (Å²) in [5, 5.41) is 0. The van der Waals surface area contributed by atoms with Crippen LogP contribution in [0.3, 0.4) is 0 Å². The molecule has 0 saturated carbocycles. The van der Waals surface area contributed by atoms with Crippen LogP contribution in [0.4, 0.5) is 0 Å². The molecule has 9 heavy (non-hydrogen) atoms. The molecule has 0 aliphatic rings. The van der Waals surface area contributed by atoms with Crippen molar-refractivity contribution in [1.82, 2.24) is 4.81 Å². The smallest absolute Gasteiger partial charge is 0.287 e. The lowest BCUT2D eigenvalue weighted by molar-refractivity contribution is 0.646. The first-order chi connectivity index (χ1) is 4.18. The molecule has 54 valence electrons. The van der Waals surface area contributed by atoms with Gasteiger partial charge < -0.3 is 4.81 Å². The van der Waals surface area contributed by atoms with Gasteiger partial charge in [-0.05, 0) is 20.4 Å². The predicted octanol–water partition coefficient (Wildman–Crippen LogP) is 1.77. The fourth-order valence-corrected chi connectivity index (χ4v) is 0.827. The van der Waals surface area contributed by atoms with E-state index in [0.29, 0.717) is 6.13 Å². The molecule has 0 aliphatic carbocycles. The summed E-state index contributed by atoms with van der Waals surface area (Å²) in [5.41, 5.74) is 0. The van der Waals surface area contributed by atoms with Crippen LogP contribution < -0.4 is 0 Å². The highest BCUT2D eigenvalue weighted by Crippen LogP contribution is 2.05. The van der Waals surface area contributed by atoms with Crippen molar-refractivity contribution in [1.29, 1.82) is 0 Å². The summed E-state index contributed by atoms with van der Waals surface area (Å²) in [4.78, 5) is 2.14. The van der Waals surface area contributed by atoms with Crippen LogP contribution in [-0.4, -0.2) is 25.0 Å². The van der Waals surface area contributed by atoms with Crippen LogP contribution in [0.2, 0.25) is 6.32 Å². The SMILES string of the molecule is CCCCB(S)N(C)C. The molecule has 0 spiro atoms. The number of hydrogen-bond donors (Lipinski definition) is 1. The minimum Gasteiger partial charge on any atom is -0.338 e. The van der Waals surface area contributed by atoms with E-state index in [2.05, 4.69) is 38.3 Å². The Morgan fingerprint density at radius 1 is 1.44 bits per heavy atom. The van der Waals surface area contributed by atoms with Gasteiger partial charge in [0, 0.05) is 0 Å². The van der Waals surface area contributed by atoms with E-state index < -0.39 is 0 Å². The van der Waals surface area contributed by atoms with Crippen molar-refractivity contribution < 1.29 is 0 Å². The molecule has 0 aliphatic heterocycles. The Morgan fingerprint density at radius 3 is 2.33 bits per heavy atom. The van der Waals surface area contributed by atoms with Crippen molar-refractivity contribution in [2.75, 3.05) is 14.1 Å². The lowest BCUT2D eigenvalue weighted by Crippen LogP contribution is -2.26. The minimum absolute atomic E-state index is 0.449. The zero-order valence-corrected chi connectivity index (χ0v) is 7.49. The standard InChI is InChI=1S/C6H16BNS/c1-4-5-6-7(9)8(2)3/h9H,4-6H2,1-3H3. The van der Waals surface area contributed by atoms with Crippen molar-refractivity contribution in [2.45, 2.75) is 26.1 Å². The third kappa shape index (κ3) is 4.85. The van der Waals surface area contributed by atoms with Crippen molar-refractivity contribution in [3.05, 3.63) is 0 Å². The van der Waals surface area contributed by atoms with Crippen LogP contribution in [0.25, 0.3) is 0 Å². The van der Waals surface area contributed by atoms with Crippen LogP contribution >= 0.6 is 12.5 Å². The second-order valence-corrected chi connectivity index (χ2v) is 3.18. The van der Waals surface area contributed by atoms with E-state index in [1.165, 1.54) is 19.2 Å². The Labute approximate surface area is 64.2 Å². The molecule has 3 heteroatoms.